The Balaban J connectivity index is 1.75. The van der Waals surface area contributed by atoms with Crippen LogP contribution >= 0.6 is 0 Å². The number of nitrogens with one attached hydrogen (secondary N) is 2. The van der Waals surface area contributed by atoms with Gasteiger partial charge in [0, 0.05) is 30.3 Å². The highest BCUT2D eigenvalue weighted by molar-refractivity contribution is 6.05. The molecule has 2 heterocycles. The topological polar surface area (TPSA) is 106 Å². The van der Waals surface area contributed by atoms with Crippen LogP contribution in [0.1, 0.15) is 68.1 Å². The smallest absolute Gasteiger partial charge is 0.330 e. The van der Waals surface area contributed by atoms with Gasteiger partial charge in [0.25, 0.3) is 11.5 Å². The molecule has 2 N–H and O–H groups in total. The van der Waals surface area contributed by atoms with Gasteiger partial charge >= 0.3 is 5.69 Å². The third kappa shape index (κ3) is 4.99. The van der Waals surface area contributed by atoms with E-state index in [1.54, 1.807) is 6.07 Å². The Bertz CT molecular complexity index is 1300. The van der Waals surface area contributed by atoms with Gasteiger partial charge in [0.15, 0.2) is 5.65 Å². The number of benzene rings is 1. The lowest BCUT2D eigenvalue weighted by molar-refractivity contribution is 0.0952. The van der Waals surface area contributed by atoms with Crippen molar-refractivity contribution >= 4 is 16.9 Å². The standard InChI is InChI=1S/C25H30N4O4/c1-14(2)13-29-22-21(24(31)28-25(29)32)18(11-19(27-22)16-9-10-16)23(30)26-12-17-7-5-6-8-20(17)33-15(3)4/h5-8,11,14-16H,9-10,12-13H2,1-4H3,(H,26,30)(H,28,31,32). The minimum atomic E-state index is -0.599. The molecule has 1 aliphatic rings. The molecule has 1 saturated carbocycles. The largest absolute Gasteiger partial charge is 0.491 e. The van der Waals surface area contributed by atoms with E-state index < -0.39 is 11.2 Å². The summed E-state index contributed by atoms with van der Waals surface area (Å²) < 4.78 is 7.31. The zero-order valence-corrected chi connectivity index (χ0v) is 19.5. The van der Waals surface area contributed by atoms with Crippen molar-refractivity contribution in [3.8, 4) is 5.75 Å². The number of H-pyrrole nitrogens is 1. The van der Waals surface area contributed by atoms with Crippen molar-refractivity contribution in [2.75, 3.05) is 0 Å². The van der Waals surface area contributed by atoms with Crippen molar-refractivity contribution in [2.24, 2.45) is 5.92 Å². The fourth-order valence-corrected chi connectivity index (χ4v) is 3.88. The monoisotopic (exact) mass is 450 g/mol. The number of carbonyl (C=O) groups excluding carboxylic acids is 1. The predicted octanol–water partition coefficient (Wildman–Crippen LogP) is 3.34. The number of para-hydroxylation sites is 1. The lowest BCUT2D eigenvalue weighted by Gasteiger charge is -2.16. The summed E-state index contributed by atoms with van der Waals surface area (Å²) >= 11 is 0. The van der Waals surface area contributed by atoms with Crippen molar-refractivity contribution in [3.63, 3.8) is 0 Å². The second-order valence-corrected chi connectivity index (χ2v) is 9.29. The molecule has 0 radical (unpaired) electrons. The molecule has 1 amide bonds. The van der Waals surface area contributed by atoms with Gasteiger partial charge in [0.05, 0.1) is 17.1 Å². The summed E-state index contributed by atoms with van der Waals surface area (Å²) in [7, 11) is 0. The third-order valence-corrected chi connectivity index (χ3v) is 5.53. The van der Waals surface area contributed by atoms with E-state index in [9.17, 15) is 14.4 Å². The van der Waals surface area contributed by atoms with E-state index in [0.717, 1.165) is 24.1 Å². The Morgan fingerprint density at radius 2 is 1.94 bits per heavy atom. The zero-order chi connectivity index (χ0) is 23.7. The quantitative estimate of drug-likeness (QED) is 0.548. The minimum Gasteiger partial charge on any atom is -0.491 e. The third-order valence-electron chi connectivity index (χ3n) is 5.53. The average molecular weight is 451 g/mol. The van der Waals surface area contributed by atoms with Crippen LogP contribution in [0.4, 0.5) is 0 Å². The normalized spacial score (nSPS) is 13.6. The first kappa shape index (κ1) is 22.8. The van der Waals surface area contributed by atoms with E-state index in [2.05, 4.69) is 15.3 Å². The Labute approximate surface area is 192 Å². The van der Waals surface area contributed by atoms with Crippen LogP contribution in [0.5, 0.6) is 5.75 Å². The molecule has 0 unspecified atom stereocenters. The van der Waals surface area contributed by atoms with Gasteiger partial charge in [-0.25, -0.2) is 9.78 Å². The van der Waals surface area contributed by atoms with E-state index in [1.807, 2.05) is 52.0 Å². The van der Waals surface area contributed by atoms with Crippen LogP contribution in [0.15, 0.2) is 39.9 Å². The maximum absolute atomic E-state index is 13.3. The average Bonchev–Trinajstić information content (AvgIpc) is 3.60. The number of hydrogen-bond acceptors (Lipinski definition) is 5. The highest BCUT2D eigenvalue weighted by Gasteiger charge is 2.29. The molecule has 174 valence electrons. The van der Waals surface area contributed by atoms with Gasteiger partial charge in [-0.3, -0.25) is 19.1 Å². The number of aromatic amines is 1. The summed E-state index contributed by atoms with van der Waals surface area (Å²) in [5, 5.41) is 3.07. The number of nitrogens with zero attached hydrogens (tertiary/aromatic N) is 2. The molecule has 0 bridgehead atoms. The van der Waals surface area contributed by atoms with E-state index in [1.165, 1.54) is 4.57 Å². The zero-order valence-electron chi connectivity index (χ0n) is 19.5. The molecule has 0 spiro atoms. The second kappa shape index (κ2) is 9.21. The van der Waals surface area contributed by atoms with Crippen molar-refractivity contribution in [1.82, 2.24) is 19.9 Å². The van der Waals surface area contributed by atoms with Crippen molar-refractivity contribution in [2.45, 2.75) is 65.6 Å². The molecular formula is C25H30N4O4. The number of pyridine rings is 1. The van der Waals surface area contributed by atoms with Crippen LogP contribution in [0.3, 0.4) is 0 Å². The van der Waals surface area contributed by atoms with E-state index >= 15 is 0 Å². The SMILES string of the molecule is CC(C)Cn1c(=O)[nH]c(=O)c2c(C(=O)NCc3ccccc3OC(C)C)cc(C3CC3)nc21. The number of carbonyl (C=O) groups is 1. The second-order valence-electron chi connectivity index (χ2n) is 9.29. The number of hydrogen-bond donors (Lipinski definition) is 2. The Morgan fingerprint density at radius 3 is 2.61 bits per heavy atom. The molecule has 33 heavy (non-hydrogen) atoms. The predicted molar refractivity (Wildman–Crippen MR) is 127 cm³/mol. The highest BCUT2D eigenvalue weighted by atomic mass is 16.5. The van der Waals surface area contributed by atoms with Gasteiger partial charge in [0.1, 0.15) is 5.75 Å². The molecule has 0 saturated heterocycles. The fourth-order valence-electron chi connectivity index (χ4n) is 3.88. The van der Waals surface area contributed by atoms with Gasteiger partial charge in [-0.1, -0.05) is 32.0 Å². The van der Waals surface area contributed by atoms with Gasteiger partial charge in [0.2, 0.25) is 0 Å². The van der Waals surface area contributed by atoms with Crippen molar-refractivity contribution in [1.29, 1.82) is 0 Å². The summed E-state index contributed by atoms with van der Waals surface area (Å²) in [5.74, 6) is 0.736. The summed E-state index contributed by atoms with van der Waals surface area (Å²) in [6, 6.07) is 9.23. The summed E-state index contributed by atoms with van der Waals surface area (Å²) in [6.45, 7) is 8.50. The maximum atomic E-state index is 13.3. The van der Waals surface area contributed by atoms with Gasteiger partial charge in [-0.2, -0.15) is 0 Å². The molecule has 0 aliphatic heterocycles. The number of rotatable bonds is 8. The molecule has 4 rings (SSSR count). The Hall–Kier alpha value is -3.42. The number of ether oxygens (including phenoxy) is 1. The number of fused-ring (bicyclic) bond motifs is 1. The molecular weight excluding hydrogens is 420 g/mol. The first-order chi connectivity index (χ1) is 15.7. The molecule has 8 nitrogen and oxygen atoms in total. The highest BCUT2D eigenvalue weighted by Crippen LogP contribution is 2.40. The molecule has 2 aromatic heterocycles. The summed E-state index contributed by atoms with van der Waals surface area (Å²) in [4.78, 5) is 45.7. The molecule has 1 fully saturated rings. The van der Waals surface area contributed by atoms with Crippen LogP contribution in [-0.2, 0) is 13.1 Å². The molecule has 3 aromatic rings. The van der Waals surface area contributed by atoms with E-state index in [4.69, 9.17) is 4.74 Å². The lowest BCUT2D eigenvalue weighted by atomic mass is 10.1. The number of aromatic nitrogens is 3. The van der Waals surface area contributed by atoms with Crippen molar-refractivity contribution in [3.05, 3.63) is 68.0 Å². The maximum Gasteiger partial charge on any atom is 0.330 e. The molecule has 1 aromatic carbocycles. The number of amides is 1. The first-order valence-electron chi connectivity index (χ1n) is 11.4. The van der Waals surface area contributed by atoms with Crippen LogP contribution in [0.25, 0.3) is 11.0 Å². The van der Waals surface area contributed by atoms with Crippen molar-refractivity contribution < 1.29 is 9.53 Å². The van der Waals surface area contributed by atoms with E-state index in [-0.39, 0.29) is 47.0 Å². The first-order valence-corrected chi connectivity index (χ1v) is 11.4. The van der Waals surface area contributed by atoms with Crippen LogP contribution in [0.2, 0.25) is 0 Å². The van der Waals surface area contributed by atoms with Crippen LogP contribution < -0.4 is 21.3 Å². The molecule has 1 aliphatic carbocycles. The minimum absolute atomic E-state index is 0.00309. The van der Waals surface area contributed by atoms with Gasteiger partial charge < -0.3 is 10.1 Å². The van der Waals surface area contributed by atoms with Crippen LogP contribution in [0, 0.1) is 5.92 Å². The lowest BCUT2D eigenvalue weighted by Crippen LogP contribution is -2.34. The van der Waals surface area contributed by atoms with E-state index in [0.29, 0.717) is 12.3 Å². The molecule has 8 heteroatoms. The fraction of sp³-hybridized carbons (Fsp3) is 0.440. The molecule has 0 atom stereocenters. The summed E-state index contributed by atoms with van der Waals surface area (Å²) in [5.41, 5.74) is 0.995. The van der Waals surface area contributed by atoms with Gasteiger partial charge in [-0.15, -0.1) is 0 Å². The van der Waals surface area contributed by atoms with Gasteiger partial charge in [-0.05, 0) is 44.7 Å². The van der Waals surface area contributed by atoms with Crippen LogP contribution in [-0.4, -0.2) is 26.5 Å². The Morgan fingerprint density at radius 1 is 1.21 bits per heavy atom. The Kier molecular flexibility index (Phi) is 6.35. The summed E-state index contributed by atoms with van der Waals surface area (Å²) in [6.07, 6.45) is 1.97.